The SMILES string of the molecule is COc1ccc(OC)c(N(CC(=O)N/N=C\c2c(O)ccc3ccccc23)S(C)(=O)=O)c1. The Bertz CT molecular complexity index is 1270. The van der Waals surface area contributed by atoms with E-state index in [9.17, 15) is 18.3 Å². The molecule has 3 aromatic carbocycles. The minimum atomic E-state index is -3.84. The van der Waals surface area contributed by atoms with Gasteiger partial charge in [-0.1, -0.05) is 30.3 Å². The van der Waals surface area contributed by atoms with Crippen molar-refractivity contribution in [1.82, 2.24) is 5.43 Å². The Hall–Kier alpha value is -3.79. The van der Waals surface area contributed by atoms with Crippen molar-refractivity contribution in [3.8, 4) is 17.2 Å². The fraction of sp³-hybridized carbons (Fsp3) is 0.182. The van der Waals surface area contributed by atoms with Crippen molar-refractivity contribution in [3.05, 3.63) is 60.2 Å². The summed E-state index contributed by atoms with van der Waals surface area (Å²) in [6.45, 7) is -0.540. The van der Waals surface area contributed by atoms with Crippen LogP contribution in [0.2, 0.25) is 0 Å². The van der Waals surface area contributed by atoms with E-state index in [1.807, 2.05) is 24.3 Å². The number of sulfonamides is 1. The van der Waals surface area contributed by atoms with Crippen LogP contribution in [0.5, 0.6) is 17.2 Å². The van der Waals surface area contributed by atoms with Crippen molar-refractivity contribution < 1.29 is 27.8 Å². The molecule has 1 amide bonds. The molecule has 0 heterocycles. The summed E-state index contributed by atoms with van der Waals surface area (Å²) >= 11 is 0. The number of nitrogens with one attached hydrogen (secondary N) is 1. The number of anilines is 1. The molecule has 0 saturated carbocycles. The Morgan fingerprint density at radius 1 is 1.12 bits per heavy atom. The van der Waals surface area contributed by atoms with Crippen LogP contribution in [0, 0.1) is 0 Å². The second-order valence-electron chi connectivity index (χ2n) is 6.82. The van der Waals surface area contributed by atoms with E-state index in [4.69, 9.17) is 9.47 Å². The van der Waals surface area contributed by atoms with Crippen molar-refractivity contribution in [2.24, 2.45) is 5.10 Å². The average molecular weight is 458 g/mol. The third kappa shape index (κ3) is 5.09. The van der Waals surface area contributed by atoms with Crippen LogP contribution in [-0.2, 0) is 14.8 Å². The van der Waals surface area contributed by atoms with Gasteiger partial charge in [-0.05, 0) is 29.0 Å². The van der Waals surface area contributed by atoms with Crippen molar-refractivity contribution in [2.45, 2.75) is 0 Å². The molecule has 0 unspecified atom stereocenters. The first-order valence-electron chi connectivity index (χ1n) is 9.47. The molecule has 0 radical (unpaired) electrons. The minimum absolute atomic E-state index is 0.000536. The number of amides is 1. The number of methoxy groups -OCH3 is 2. The molecular weight excluding hydrogens is 434 g/mol. The summed E-state index contributed by atoms with van der Waals surface area (Å²) in [5.41, 5.74) is 2.88. The van der Waals surface area contributed by atoms with Gasteiger partial charge in [0.25, 0.3) is 5.91 Å². The first-order chi connectivity index (χ1) is 15.2. The minimum Gasteiger partial charge on any atom is -0.507 e. The van der Waals surface area contributed by atoms with Crippen LogP contribution in [0.1, 0.15) is 5.56 Å². The highest BCUT2D eigenvalue weighted by atomic mass is 32.2. The molecule has 0 fully saturated rings. The molecule has 0 aliphatic rings. The normalized spacial score (nSPS) is 11.5. The average Bonchev–Trinajstić information content (AvgIpc) is 2.77. The lowest BCUT2D eigenvalue weighted by atomic mass is 10.0. The zero-order chi connectivity index (χ0) is 23.3. The summed E-state index contributed by atoms with van der Waals surface area (Å²) in [5.74, 6) is -0.0237. The number of nitrogens with zero attached hydrogens (tertiary/aromatic N) is 2. The maximum absolute atomic E-state index is 12.5. The maximum atomic E-state index is 12.5. The lowest BCUT2D eigenvalue weighted by molar-refractivity contribution is -0.119. The third-order valence-corrected chi connectivity index (χ3v) is 5.80. The molecule has 0 spiro atoms. The fourth-order valence-corrected chi connectivity index (χ4v) is 3.98. The summed E-state index contributed by atoms with van der Waals surface area (Å²) < 4.78 is 36.1. The van der Waals surface area contributed by atoms with Crippen molar-refractivity contribution in [2.75, 3.05) is 31.3 Å². The van der Waals surface area contributed by atoms with Crippen LogP contribution >= 0.6 is 0 Å². The second kappa shape index (κ2) is 9.56. The number of aromatic hydroxyl groups is 1. The number of carbonyl (C=O) groups is 1. The van der Waals surface area contributed by atoms with Crippen molar-refractivity contribution in [3.63, 3.8) is 0 Å². The number of ether oxygens (including phenoxy) is 2. The summed E-state index contributed by atoms with van der Waals surface area (Å²) in [4.78, 5) is 12.5. The predicted octanol–water partition coefficient (Wildman–Crippen LogP) is 2.48. The van der Waals surface area contributed by atoms with Crippen LogP contribution in [0.4, 0.5) is 5.69 Å². The summed E-state index contributed by atoms with van der Waals surface area (Å²) in [7, 11) is -0.998. The van der Waals surface area contributed by atoms with Gasteiger partial charge < -0.3 is 14.6 Å². The molecule has 10 heteroatoms. The number of rotatable bonds is 8. The first-order valence-corrected chi connectivity index (χ1v) is 11.3. The quantitative estimate of drug-likeness (QED) is 0.396. The molecule has 3 aromatic rings. The molecule has 32 heavy (non-hydrogen) atoms. The Morgan fingerprint density at radius 3 is 2.56 bits per heavy atom. The van der Waals surface area contributed by atoms with Gasteiger partial charge in [-0.25, -0.2) is 13.8 Å². The van der Waals surface area contributed by atoms with Gasteiger partial charge >= 0.3 is 0 Å². The zero-order valence-corrected chi connectivity index (χ0v) is 18.6. The molecule has 2 N–H and O–H groups in total. The number of benzene rings is 3. The second-order valence-corrected chi connectivity index (χ2v) is 8.73. The Balaban J connectivity index is 1.83. The topological polar surface area (TPSA) is 118 Å². The standard InChI is InChI=1S/C22H23N3O6S/c1-30-16-9-11-21(31-2)19(12-16)25(32(3,28)29)14-22(27)24-23-13-18-17-7-5-4-6-15(17)8-10-20(18)26/h4-13,26H,14H2,1-3H3,(H,24,27)/b23-13-. The molecule has 3 rings (SSSR count). The molecule has 0 aliphatic heterocycles. The lowest BCUT2D eigenvalue weighted by Gasteiger charge is -2.23. The summed E-state index contributed by atoms with van der Waals surface area (Å²) in [6.07, 6.45) is 2.29. The molecule has 0 aliphatic carbocycles. The van der Waals surface area contributed by atoms with Crippen LogP contribution in [0.25, 0.3) is 10.8 Å². The number of carbonyl (C=O) groups excluding carboxylic acids is 1. The van der Waals surface area contributed by atoms with Gasteiger partial charge in [-0.15, -0.1) is 0 Å². The molecule has 0 bridgehead atoms. The predicted molar refractivity (Wildman–Crippen MR) is 123 cm³/mol. The lowest BCUT2D eigenvalue weighted by Crippen LogP contribution is -2.39. The Kier molecular flexibility index (Phi) is 6.84. The van der Waals surface area contributed by atoms with E-state index in [-0.39, 0.29) is 17.2 Å². The van der Waals surface area contributed by atoms with E-state index in [1.54, 1.807) is 18.2 Å². The number of hydrazone groups is 1. The molecular formula is C22H23N3O6S. The van der Waals surface area contributed by atoms with E-state index in [2.05, 4.69) is 10.5 Å². The highest BCUT2D eigenvalue weighted by Gasteiger charge is 2.24. The van der Waals surface area contributed by atoms with Gasteiger partial charge in [-0.2, -0.15) is 5.10 Å². The van der Waals surface area contributed by atoms with Gasteiger partial charge in [0.2, 0.25) is 10.0 Å². The third-order valence-electron chi connectivity index (χ3n) is 4.67. The van der Waals surface area contributed by atoms with E-state index in [0.717, 1.165) is 21.3 Å². The monoisotopic (exact) mass is 457 g/mol. The van der Waals surface area contributed by atoms with Crippen molar-refractivity contribution in [1.29, 1.82) is 0 Å². The molecule has 168 valence electrons. The molecule has 0 saturated heterocycles. The Labute approximate surface area is 185 Å². The Morgan fingerprint density at radius 2 is 1.88 bits per heavy atom. The largest absolute Gasteiger partial charge is 0.507 e. The summed E-state index contributed by atoms with van der Waals surface area (Å²) in [6, 6.07) is 15.3. The van der Waals surface area contributed by atoms with Gasteiger partial charge in [0.15, 0.2) is 0 Å². The van der Waals surface area contributed by atoms with Crippen LogP contribution in [-0.4, -0.2) is 52.7 Å². The maximum Gasteiger partial charge on any atom is 0.260 e. The number of phenols is 1. The van der Waals surface area contributed by atoms with E-state index < -0.39 is 22.5 Å². The summed E-state index contributed by atoms with van der Waals surface area (Å²) in [5, 5.41) is 15.7. The van der Waals surface area contributed by atoms with Gasteiger partial charge in [0, 0.05) is 11.6 Å². The smallest absolute Gasteiger partial charge is 0.260 e. The van der Waals surface area contributed by atoms with Gasteiger partial charge in [0.1, 0.15) is 23.8 Å². The first kappa shape index (κ1) is 22.9. The highest BCUT2D eigenvalue weighted by Crippen LogP contribution is 2.33. The zero-order valence-electron chi connectivity index (χ0n) is 17.8. The highest BCUT2D eigenvalue weighted by molar-refractivity contribution is 7.92. The van der Waals surface area contributed by atoms with E-state index in [1.165, 1.54) is 32.6 Å². The van der Waals surface area contributed by atoms with Gasteiger partial charge in [-0.3, -0.25) is 9.10 Å². The van der Waals surface area contributed by atoms with Crippen molar-refractivity contribution >= 4 is 38.6 Å². The van der Waals surface area contributed by atoms with Crippen LogP contribution in [0.3, 0.4) is 0 Å². The molecule has 0 aromatic heterocycles. The number of fused-ring (bicyclic) bond motifs is 1. The molecule has 0 atom stereocenters. The van der Waals surface area contributed by atoms with Gasteiger partial charge in [0.05, 0.1) is 32.4 Å². The van der Waals surface area contributed by atoms with E-state index in [0.29, 0.717) is 11.3 Å². The van der Waals surface area contributed by atoms with Crippen LogP contribution < -0.4 is 19.2 Å². The fourth-order valence-electron chi connectivity index (χ4n) is 3.13. The number of phenolic OH excluding ortho intramolecular Hbond substituents is 1. The number of hydrogen-bond donors (Lipinski definition) is 2. The number of hydrogen-bond acceptors (Lipinski definition) is 7. The van der Waals surface area contributed by atoms with E-state index >= 15 is 0 Å². The van der Waals surface area contributed by atoms with Crippen LogP contribution in [0.15, 0.2) is 59.7 Å². The molecule has 9 nitrogen and oxygen atoms in total.